The molecule has 0 saturated heterocycles. The number of aromatic nitrogens is 1. The summed E-state index contributed by atoms with van der Waals surface area (Å²) in [5, 5.41) is 2.77. The fourth-order valence-electron chi connectivity index (χ4n) is 1.78. The summed E-state index contributed by atoms with van der Waals surface area (Å²) < 4.78 is 24.4. The highest BCUT2D eigenvalue weighted by atomic mass is 32.2. The Morgan fingerprint density at radius 1 is 1.32 bits per heavy atom. The van der Waals surface area contributed by atoms with Gasteiger partial charge < -0.3 is 5.32 Å². The van der Waals surface area contributed by atoms with Crippen LogP contribution in [0.5, 0.6) is 0 Å². The van der Waals surface area contributed by atoms with Crippen molar-refractivity contribution in [3.05, 3.63) is 45.8 Å². The van der Waals surface area contributed by atoms with Crippen LogP contribution in [0, 0.1) is 6.92 Å². The summed E-state index contributed by atoms with van der Waals surface area (Å²) >= 11 is 1.34. The van der Waals surface area contributed by atoms with E-state index in [1.165, 1.54) is 11.3 Å². The first-order chi connectivity index (χ1) is 10.3. The lowest BCUT2D eigenvalue weighted by Gasteiger charge is -2.05. The number of sulfonamides is 1. The zero-order valence-electron chi connectivity index (χ0n) is 12.3. The topological polar surface area (TPSA) is 88.2 Å². The number of carbonyl (C=O) groups excluding carboxylic acids is 1. The Bertz CT molecular complexity index is 769. The Morgan fingerprint density at radius 2 is 2.09 bits per heavy atom. The van der Waals surface area contributed by atoms with Crippen LogP contribution >= 0.6 is 11.3 Å². The molecule has 0 spiro atoms. The molecule has 8 heteroatoms. The first kappa shape index (κ1) is 16.6. The van der Waals surface area contributed by atoms with Crippen molar-refractivity contribution in [1.82, 2.24) is 9.71 Å². The maximum absolute atomic E-state index is 12.2. The Hall–Kier alpha value is -1.77. The first-order valence-corrected chi connectivity index (χ1v) is 9.32. The molecule has 2 N–H and O–H groups in total. The van der Waals surface area contributed by atoms with Crippen LogP contribution in [0.4, 0.5) is 5.82 Å². The Balaban J connectivity index is 1.96. The minimum absolute atomic E-state index is 0.214. The number of hydrogen-bond donors (Lipinski definition) is 2. The number of thiophene rings is 1. The van der Waals surface area contributed by atoms with Gasteiger partial charge in [0.25, 0.3) is 5.91 Å². The minimum Gasteiger partial charge on any atom is -0.306 e. The predicted octanol–water partition coefficient (Wildman–Crippen LogP) is 1.80. The molecule has 2 heterocycles. The van der Waals surface area contributed by atoms with E-state index in [0.717, 1.165) is 16.7 Å². The standard InChI is InChI=1S/C14H17N3O3S2/c1-10-4-3-8-15-13(10)17-14(18)12-6-5-11(21-12)7-9-16-22(2,19)20/h3-6,8,16H,7,9H2,1-2H3,(H,15,17,18). The molecule has 2 aromatic heterocycles. The van der Waals surface area contributed by atoms with E-state index >= 15 is 0 Å². The Morgan fingerprint density at radius 3 is 2.77 bits per heavy atom. The van der Waals surface area contributed by atoms with Gasteiger partial charge in [0.2, 0.25) is 10.0 Å². The number of rotatable bonds is 6. The average Bonchev–Trinajstić information content (AvgIpc) is 2.89. The van der Waals surface area contributed by atoms with Gasteiger partial charge in [-0.3, -0.25) is 4.79 Å². The van der Waals surface area contributed by atoms with Crippen molar-refractivity contribution in [1.29, 1.82) is 0 Å². The lowest BCUT2D eigenvalue weighted by molar-refractivity contribution is 0.103. The third kappa shape index (κ3) is 4.90. The lowest BCUT2D eigenvalue weighted by atomic mass is 10.3. The highest BCUT2D eigenvalue weighted by molar-refractivity contribution is 7.88. The number of nitrogens with zero attached hydrogens (tertiary/aromatic N) is 1. The number of amides is 1. The van der Waals surface area contributed by atoms with Crippen LogP contribution in [-0.2, 0) is 16.4 Å². The van der Waals surface area contributed by atoms with Gasteiger partial charge in [-0.2, -0.15) is 0 Å². The third-order valence-corrected chi connectivity index (χ3v) is 4.73. The van der Waals surface area contributed by atoms with Crippen LogP contribution in [0.3, 0.4) is 0 Å². The van der Waals surface area contributed by atoms with E-state index in [0.29, 0.717) is 23.7 Å². The summed E-state index contributed by atoms with van der Waals surface area (Å²) in [6, 6.07) is 7.24. The summed E-state index contributed by atoms with van der Waals surface area (Å²) in [4.78, 5) is 17.8. The Labute approximate surface area is 133 Å². The number of aryl methyl sites for hydroxylation is 1. The van der Waals surface area contributed by atoms with E-state index in [9.17, 15) is 13.2 Å². The van der Waals surface area contributed by atoms with Gasteiger partial charge in [-0.15, -0.1) is 11.3 Å². The molecule has 0 fully saturated rings. The molecule has 0 radical (unpaired) electrons. The van der Waals surface area contributed by atoms with Crippen molar-refractivity contribution in [2.45, 2.75) is 13.3 Å². The van der Waals surface area contributed by atoms with Crippen LogP contribution in [0.25, 0.3) is 0 Å². The second kappa shape index (κ2) is 6.99. The molecule has 0 aliphatic rings. The van der Waals surface area contributed by atoms with Crippen molar-refractivity contribution in [3.8, 4) is 0 Å². The van der Waals surface area contributed by atoms with Crippen LogP contribution in [0.15, 0.2) is 30.5 Å². The van der Waals surface area contributed by atoms with E-state index in [-0.39, 0.29) is 5.91 Å². The first-order valence-electron chi connectivity index (χ1n) is 6.61. The molecule has 0 aliphatic carbocycles. The molecular weight excluding hydrogens is 322 g/mol. The Kier molecular flexibility index (Phi) is 5.28. The van der Waals surface area contributed by atoms with Gasteiger partial charge in [-0.1, -0.05) is 6.07 Å². The van der Waals surface area contributed by atoms with Gasteiger partial charge in [0.1, 0.15) is 5.82 Å². The highest BCUT2D eigenvalue weighted by Crippen LogP contribution is 2.19. The van der Waals surface area contributed by atoms with Crippen LogP contribution in [0.2, 0.25) is 0 Å². The number of nitrogens with one attached hydrogen (secondary N) is 2. The van der Waals surface area contributed by atoms with Crippen molar-refractivity contribution < 1.29 is 13.2 Å². The lowest BCUT2D eigenvalue weighted by Crippen LogP contribution is -2.24. The van der Waals surface area contributed by atoms with Crippen molar-refractivity contribution >= 4 is 33.1 Å². The normalized spacial score (nSPS) is 11.4. The van der Waals surface area contributed by atoms with E-state index in [1.807, 2.05) is 25.1 Å². The van der Waals surface area contributed by atoms with E-state index < -0.39 is 10.0 Å². The summed E-state index contributed by atoms with van der Waals surface area (Å²) in [5.74, 6) is 0.329. The molecular formula is C14H17N3O3S2. The number of hydrogen-bond acceptors (Lipinski definition) is 5. The second-order valence-electron chi connectivity index (χ2n) is 4.81. The highest BCUT2D eigenvalue weighted by Gasteiger charge is 2.11. The van der Waals surface area contributed by atoms with Crippen molar-refractivity contribution in [2.24, 2.45) is 0 Å². The smallest absolute Gasteiger partial charge is 0.266 e. The van der Waals surface area contributed by atoms with Crippen LogP contribution in [0.1, 0.15) is 20.1 Å². The summed E-state index contributed by atoms with van der Waals surface area (Å²) in [6.07, 6.45) is 3.29. The minimum atomic E-state index is -3.18. The number of anilines is 1. The average molecular weight is 339 g/mol. The van der Waals surface area contributed by atoms with E-state index in [2.05, 4.69) is 15.0 Å². The largest absolute Gasteiger partial charge is 0.306 e. The SMILES string of the molecule is Cc1cccnc1NC(=O)c1ccc(CCNS(C)(=O)=O)s1. The molecule has 2 rings (SSSR count). The molecule has 0 unspecified atom stereocenters. The second-order valence-corrected chi connectivity index (χ2v) is 7.81. The molecule has 118 valence electrons. The van der Waals surface area contributed by atoms with Gasteiger partial charge in [0.15, 0.2) is 0 Å². The summed E-state index contributed by atoms with van der Waals surface area (Å²) in [6.45, 7) is 2.19. The van der Waals surface area contributed by atoms with Gasteiger partial charge in [0, 0.05) is 17.6 Å². The monoisotopic (exact) mass is 339 g/mol. The molecule has 22 heavy (non-hydrogen) atoms. The molecule has 0 bridgehead atoms. The van der Waals surface area contributed by atoms with Gasteiger partial charge >= 0.3 is 0 Å². The van der Waals surface area contributed by atoms with Crippen LogP contribution in [-0.4, -0.2) is 32.1 Å². The molecule has 6 nitrogen and oxygen atoms in total. The summed E-state index contributed by atoms with van der Waals surface area (Å²) in [5.41, 5.74) is 0.894. The van der Waals surface area contributed by atoms with Gasteiger partial charge in [-0.05, 0) is 37.1 Å². The predicted molar refractivity (Wildman–Crippen MR) is 87.8 cm³/mol. The fraction of sp³-hybridized carbons (Fsp3) is 0.286. The fourth-order valence-corrected chi connectivity index (χ4v) is 3.15. The maximum Gasteiger partial charge on any atom is 0.266 e. The number of pyridine rings is 1. The third-order valence-electron chi connectivity index (χ3n) is 2.86. The molecule has 0 aliphatic heterocycles. The number of carbonyl (C=O) groups is 1. The zero-order chi connectivity index (χ0) is 16.2. The van der Waals surface area contributed by atoms with E-state index in [4.69, 9.17) is 0 Å². The van der Waals surface area contributed by atoms with Crippen LogP contribution < -0.4 is 10.0 Å². The van der Waals surface area contributed by atoms with E-state index in [1.54, 1.807) is 12.3 Å². The van der Waals surface area contributed by atoms with Crippen molar-refractivity contribution in [3.63, 3.8) is 0 Å². The molecule has 0 atom stereocenters. The van der Waals surface area contributed by atoms with Gasteiger partial charge in [0.05, 0.1) is 11.1 Å². The molecule has 0 saturated carbocycles. The summed E-state index contributed by atoms with van der Waals surface area (Å²) in [7, 11) is -3.18. The van der Waals surface area contributed by atoms with Gasteiger partial charge in [-0.25, -0.2) is 18.1 Å². The van der Waals surface area contributed by atoms with Crippen molar-refractivity contribution in [2.75, 3.05) is 18.1 Å². The quantitative estimate of drug-likeness (QED) is 0.840. The zero-order valence-corrected chi connectivity index (χ0v) is 13.9. The molecule has 2 aromatic rings. The maximum atomic E-state index is 12.2. The molecule has 1 amide bonds. The molecule has 0 aromatic carbocycles.